The molecule has 1 aromatic carbocycles. The lowest BCUT2D eigenvalue weighted by atomic mass is 9.85. The van der Waals surface area contributed by atoms with Crippen LogP contribution in [0.1, 0.15) is 58.3 Å². The highest BCUT2D eigenvalue weighted by molar-refractivity contribution is 5.82. The molecular formula is C20H28N2O2. The largest absolute Gasteiger partial charge is 0.459 e. The van der Waals surface area contributed by atoms with Crippen LogP contribution < -0.4 is 10.6 Å². The van der Waals surface area contributed by atoms with Gasteiger partial charge in [-0.2, -0.15) is 0 Å². The van der Waals surface area contributed by atoms with Crippen LogP contribution in [-0.4, -0.2) is 18.0 Å². The summed E-state index contributed by atoms with van der Waals surface area (Å²) >= 11 is 0. The molecule has 1 aliphatic rings. The zero-order chi connectivity index (χ0) is 17.1. The van der Waals surface area contributed by atoms with Crippen molar-refractivity contribution in [1.82, 2.24) is 10.6 Å². The summed E-state index contributed by atoms with van der Waals surface area (Å²) in [5.41, 5.74) is 0.857. The fraction of sp³-hybridized carbons (Fsp3) is 0.550. The summed E-state index contributed by atoms with van der Waals surface area (Å²) in [6.07, 6.45) is 4.98. The molecule has 1 amide bonds. The smallest absolute Gasteiger partial charge is 0.237 e. The van der Waals surface area contributed by atoms with Gasteiger partial charge in [-0.1, -0.05) is 38.0 Å². The Labute approximate surface area is 144 Å². The third-order valence-corrected chi connectivity index (χ3v) is 5.20. The van der Waals surface area contributed by atoms with Crippen molar-refractivity contribution in [3.8, 4) is 0 Å². The Balaban J connectivity index is 1.58. The zero-order valence-electron chi connectivity index (χ0n) is 14.8. The van der Waals surface area contributed by atoms with Gasteiger partial charge in [0.15, 0.2) is 0 Å². The number of hydrogen-bond donors (Lipinski definition) is 2. The number of hydrogen-bond acceptors (Lipinski definition) is 3. The Morgan fingerprint density at radius 2 is 1.96 bits per heavy atom. The lowest BCUT2D eigenvalue weighted by Crippen LogP contribution is -2.49. The predicted molar refractivity (Wildman–Crippen MR) is 96.8 cm³/mol. The number of rotatable bonds is 5. The first-order valence-electron chi connectivity index (χ1n) is 9.09. The molecule has 2 N–H and O–H groups in total. The number of carbonyl (C=O) groups excluding carboxylic acids is 1. The van der Waals surface area contributed by atoms with Crippen molar-refractivity contribution in [1.29, 1.82) is 0 Å². The first kappa shape index (κ1) is 17.0. The highest BCUT2D eigenvalue weighted by Crippen LogP contribution is 2.25. The van der Waals surface area contributed by atoms with Crippen molar-refractivity contribution in [2.24, 2.45) is 5.92 Å². The van der Waals surface area contributed by atoms with E-state index in [2.05, 4.69) is 17.6 Å². The van der Waals surface area contributed by atoms with E-state index in [4.69, 9.17) is 4.42 Å². The van der Waals surface area contributed by atoms with Gasteiger partial charge in [-0.15, -0.1) is 0 Å². The Kier molecular flexibility index (Phi) is 5.24. The fourth-order valence-electron chi connectivity index (χ4n) is 3.59. The number of fused-ring (bicyclic) bond motifs is 1. The molecule has 0 bridgehead atoms. The Hall–Kier alpha value is -1.81. The number of nitrogens with one attached hydrogen (secondary N) is 2. The Morgan fingerprint density at radius 3 is 2.71 bits per heavy atom. The van der Waals surface area contributed by atoms with E-state index in [1.54, 1.807) is 0 Å². The Morgan fingerprint density at radius 1 is 1.21 bits per heavy atom. The quantitative estimate of drug-likeness (QED) is 0.866. The van der Waals surface area contributed by atoms with E-state index in [-0.39, 0.29) is 18.0 Å². The third-order valence-electron chi connectivity index (χ3n) is 5.20. The second-order valence-electron chi connectivity index (χ2n) is 7.17. The average Bonchev–Trinajstić information content (AvgIpc) is 3.01. The standard InChI is InChI=1S/C20H28N2O2/c1-13-8-4-6-10-17(13)21-15(3)20(23)22-14(2)19-12-16-9-5-7-11-18(16)24-19/h5,7,9,11-15,17,21H,4,6,8,10H2,1-3H3,(H,22,23). The van der Waals surface area contributed by atoms with Gasteiger partial charge in [0.2, 0.25) is 5.91 Å². The van der Waals surface area contributed by atoms with Gasteiger partial charge in [-0.3, -0.25) is 4.79 Å². The van der Waals surface area contributed by atoms with E-state index in [1.807, 2.05) is 44.2 Å². The predicted octanol–water partition coefficient (Wildman–Crippen LogP) is 4.17. The monoisotopic (exact) mass is 328 g/mol. The summed E-state index contributed by atoms with van der Waals surface area (Å²) in [5.74, 6) is 1.46. The van der Waals surface area contributed by atoms with Crippen molar-refractivity contribution in [3.05, 3.63) is 36.1 Å². The molecule has 0 aliphatic heterocycles. The summed E-state index contributed by atoms with van der Waals surface area (Å²) in [6.45, 7) is 6.19. The minimum atomic E-state index is -0.192. The molecule has 1 fully saturated rings. The van der Waals surface area contributed by atoms with Crippen LogP contribution >= 0.6 is 0 Å². The molecule has 4 nitrogen and oxygen atoms in total. The number of benzene rings is 1. The van der Waals surface area contributed by atoms with E-state index in [9.17, 15) is 4.79 Å². The number of carbonyl (C=O) groups is 1. The second kappa shape index (κ2) is 7.39. The summed E-state index contributed by atoms with van der Waals surface area (Å²) < 4.78 is 5.84. The van der Waals surface area contributed by atoms with Gasteiger partial charge in [0.05, 0.1) is 12.1 Å². The van der Waals surface area contributed by atoms with E-state index in [0.717, 1.165) is 23.2 Å². The van der Waals surface area contributed by atoms with Crippen molar-refractivity contribution in [2.45, 2.75) is 64.6 Å². The molecule has 3 rings (SSSR count). The fourth-order valence-corrected chi connectivity index (χ4v) is 3.59. The SMILES string of the molecule is CC(NC1CCCCC1C)C(=O)NC(C)c1cc2ccccc2o1. The van der Waals surface area contributed by atoms with Gasteiger partial charge >= 0.3 is 0 Å². The van der Waals surface area contributed by atoms with Crippen LogP contribution in [0.4, 0.5) is 0 Å². The van der Waals surface area contributed by atoms with Crippen LogP contribution in [0.5, 0.6) is 0 Å². The molecule has 1 aromatic heterocycles. The molecule has 4 unspecified atom stereocenters. The van der Waals surface area contributed by atoms with Crippen molar-refractivity contribution < 1.29 is 9.21 Å². The molecule has 1 saturated carbocycles. The zero-order valence-corrected chi connectivity index (χ0v) is 14.8. The van der Waals surface area contributed by atoms with Crippen LogP contribution in [0.2, 0.25) is 0 Å². The van der Waals surface area contributed by atoms with Crippen LogP contribution in [0.3, 0.4) is 0 Å². The molecule has 2 aromatic rings. The average molecular weight is 328 g/mol. The molecular weight excluding hydrogens is 300 g/mol. The van der Waals surface area contributed by atoms with E-state index in [1.165, 1.54) is 19.3 Å². The molecule has 0 spiro atoms. The van der Waals surface area contributed by atoms with E-state index < -0.39 is 0 Å². The number of para-hydroxylation sites is 1. The first-order chi connectivity index (χ1) is 11.5. The highest BCUT2D eigenvalue weighted by Gasteiger charge is 2.25. The summed E-state index contributed by atoms with van der Waals surface area (Å²) in [7, 11) is 0. The van der Waals surface area contributed by atoms with Gasteiger partial charge in [0.25, 0.3) is 0 Å². The molecule has 1 aliphatic carbocycles. The first-order valence-corrected chi connectivity index (χ1v) is 9.09. The maximum Gasteiger partial charge on any atom is 0.237 e. The molecule has 0 radical (unpaired) electrons. The van der Waals surface area contributed by atoms with Crippen LogP contribution in [0.15, 0.2) is 34.7 Å². The number of amides is 1. The lowest BCUT2D eigenvalue weighted by Gasteiger charge is -2.32. The second-order valence-corrected chi connectivity index (χ2v) is 7.17. The number of furan rings is 1. The Bertz CT molecular complexity index is 661. The molecule has 4 heteroatoms. The van der Waals surface area contributed by atoms with Crippen molar-refractivity contribution in [2.75, 3.05) is 0 Å². The van der Waals surface area contributed by atoms with E-state index in [0.29, 0.717) is 12.0 Å². The highest BCUT2D eigenvalue weighted by atomic mass is 16.3. The molecule has 4 atom stereocenters. The summed E-state index contributed by atoms with van der Waals surface area (Å²) in [5, 5.41) is 7.64. The minimum Gasteiger partial charge on any atom is -0.459 e. The third kappa shape index (κ3) is 3.81. The van der Waals surface area contributed by atoms with Gasteiger partial charge in [-0.25, -0.2) is 0 Å². The lowest BCUT2D eigenvalue weighted by molar-refractivity contribution is -0.123. The molecule has 1 heterocycles. The topological polar surface area (TPSA) is 54.3 Å². The minimum absolute atomic E-state index is 0.0285. The maximum atomic E-state index is 12.5. The van der Waals surface area contributed by atoms with Gasteiger partial charge in [-0.05, 0) is 44.7 Å². The normalized spacial score (nSPS) is 23.8. The van der Waals surface area contributed by atoms with Gasteiger partial charge in [0.1, 0.15) is 11.3 Å². The molecule has 0 saturated heterocycles. The summed E-state index contributed by atoms with van der Waals surface area (Å²) in [4.78, 5) is 12.5. The molecule has 130 valence electrons. The van der Waals surface area contributed by atoms with Crippen LogP contribution in [0, 0.1) is 5.92 Å². The summed E-state index contributed by atoms with van der Waals surface area (Å²) in [6, 6.07) is 10.0. The van der Waals surface area contributed by atoms with Crippen molar-refractivity contribution in [3.63, 3.8) is 0 Å². The van der Waals surface area contributed by atoms with Crippen LogP contribution in [0.25, 0.3) is 11.0 Å². The van der Waals surface area contributed by atoms with Crippen molar-refractivity contribution >= 4 is 16.9 Å². The van der Waals surface area contributed by atoms with Crippen LogP contribution in [-0.2, 0) is 4.79 Å². The van der Waals surface area contributed by atoms with Gasteiger partial charge in [0, 0.05) is 11.4 Å². The molecule has 24 heavy (non-hydrogen) atoms. The van der Waals surface area contributed by atoms with Gasteiger partial charge < -0.3 is 15.1 Å². The van der Waals surface area contributed by atoms with E-state index >= 15 is 0 Å². The maximum absolute atomic E-state index is 12.5.